The highest BCUT2D eigenvalue weighted by Crippen LogP contribution is 2.44. The van der Waals surface area contributed by atoms with Crippen LogP contribution in [0.1, 0.15) is 32.6 Å². The molecule has 7 heteroatoms. The van der Waals surface area contributed by atoms with Gasteiger partial charge in [0.1, 0.15) is 11.8 Å². The zero-order valence-corrected chi connectivity index (χ0v) is 13.4. The van der Waals surface area contributed by atoms with Gasteiger partial charge in [-0.05, 0) is 26.0 Å². The number of ether oxygens (including phenoxy) is 1. The summed E-state index contributed by atoms with van der Waals surface area (Å²) in [6.45, 7) is 5.68. The van der Waals surface area contributed by atoms with Gasteiger partial charge < -0.3 is 14.5 Å². The highest BCUT2D eigenvalue weighted by atomic mass is 16.5. The number of esters is 1. The number of hydrogen-bond acceptors (Lipinski definition) is 5. The van der Waals surface area contributed by atoms with Gasteiger partial charge >= 0.3 is 5.97 Å². The molecule has 2 amide bonds. The summed E-state index contributed by atoms with van der Waals surface area (Å²) < 4.78 is 10.6. The number of hydrogen-bond donors (Lipinski definition) is 1. The molecule has 2 fully saturated rings. The van der Waals surface area contributed by atoms with E-state index in [0.29, 0.717) is 12.3 Å². The maximum atomic E-state index is 12.7. The lowest BCUT2D eigenvalue weighted by Gasteiger charge is -2.25. The Morgan fingerprint density at radius 3 is 2.70 bits per heavy atom. The molecule has 0 radical (unpaired) electrons. The molecule has 23 heavy (non-hydrogen) atoms. The highest BCUT2D eigenvalue weighted by Gasteiger charge is 2.71. The number of carbonyl (C=O) groups is 3. The summed E-state index contributed by atoms with van der Waals surface area (Å²) in [7, 11) is 0. The Balaban J connectivity index is 2.06. The molecule has 2 aliphatic heterocycles. The summed E-state index contributed by atoms with van der Waals surface area (Å²) in [4.78, 5) is 39.1. The summed E-state index contributed by atoms with van der Waals surface area (Å²) in [5, 5.41) is 1.75. The average Bonchev–Trinajstić information content (AvgIpc) is 3.18. The van der Waals surface area contributed by atoms with Gasteiger partial charge in [-0.25, -0.2) is 4.79 Å². The number of rotatable bonds is 4. The third kappa shape index (κ3) is 2.10. The lowest BCUT2D eigenvalue weighted by Crippen LogP contribution is -2.97. The van der Waals surface area contributed by atoms with Crippen molar-refractivity contribution < 1.29 is 28.9 Å². The molecule has 1 aromatic heterocycles. The third-order valence-electron chi connectivity index (χ3n) is 4.90. The smallest absolute Gasteiger partial charge is 0.368 e. The highest BCUT2D eigenvalue weighted by molar-refractivity contribution is 6.08. The molecule has 0 spiro atoms. The number of quaternary nitrogens is 1. The van der Waals surface area contributed by atoms with Crippen molar-refractivity contribution in [2.45, 2.75) is 32.4 Å². The number of nitrogens with zero attached hydrogens (tertiary/aromatic N) is 1. The van der Waals surface area contributed by atoms with E-state index in [1.807, 2.05) is 0 Å². The topological polar surface area (TPSA) is 93.4 Å². The second-order valence-electron chi connectivity index (χ2n) is 6.14. The monoisotopic (exact) mass is 321 g/mol. The molecule has 2 aliphatic rings. The number of carbonyl (C=O) groups excluding carboxylic acids is 3. The van der Waals surface area contributed by atoms with E-state index in [0.717, 1.165) is 0 Å². The van der Waals surface area contributed by atoms with E-state index in [2.05, 4.69) is 0 Å². The van der Waals surface area contributed by atoms with Crippen molar-refractivity contribution in [2.24, 2.45) is 11.8 Å². The van der Waals surface area contributed by atoms with Crippen molar-refractivity contribution in [1.29, 1.82) is 0 Å². The number of likely N-dealkylation sites (tertiary alicyclic amines) is 1. The standard InChI is InChI=1S/C16H20N2O5/c1-4-18-13(19)10-11(14(18)20)16(3,15(21)22-5-2)17-12(10)9-7-6-8-23-9/h6-8,10-12,17H,4-5H2,1-3H3/p+1/t10-,11+,12-,16-/m1/s1. The molecule has 0 unspecified atom stereocenters. The zero-order valence-electron chi connectivity index (χ0n) is 13.4. The minimum absolute atomic E-state index is 0.227. The summed E-state index contributed by atoms with van der Waals surface area (Å²) in [5.41, 5.74) is -1.13. The SMILES string of the molecule is CCOC(=O)[C@]1(C)[NH2+][C@H](c2ccco2)[C@@H]2C(=O)N(CC)C(=O)[C@H]21. The maximum Gasteiger partial charge on any atom is 0.368 e. The molecule has 7 nitrogen and oxygen atoms in total. The Labute approximate surface area is 134 Å². The van der Waals surface area contributed by atoms with Gasteiger partial charge in [-0.3, -0.25) is 14.5 Å². The molecule has 3 rings (SSSR count). The predicted octanol–water partition coefficient (Wildman–Crippen LogP) is -0.159. The van der Waals surface area contributed by atoms with Gasteiger partial charge in [0.25, 0.3) is 0 Å². The van der Waals surface area contributed by atoms with Crippen LogP contribution in [0, 0.1) is 11.8 Å². The summed E-state index contributed by atoms with van der Waals surface area (Å²) in [5.74, 6) is -1.76. The van der Waals surface area contributed by atoms with Gasteiger partial charge in [0.2, 0.25) is 17.4 Å². The van der Waals surface area contributed by atoms with Gasteiger partial charge in [0.15, 0.2) is 11.8 Å². The molecule has 0 saturated carbocycles. The van der Waals surface area contributed by atoms with Gasteiger partial charge in [-0.1, -0.05) is 0 Å². The van der Waals surface area contributed by atoms with E-state index < -0.39 is 29.4 Å². The molecule has 1 aromatic rings. The third-order valence-corrected chi connectivity index (χ3v) is 4.90. The molecular formula is C16H21N2O5+. The van der Waals surface area contributed by atoms with Crippen molar-refractivity contribution in [1.82, 2.24) is 4.90 Å². The van der Waals surface area contributed by atoms with Crippen LogP contribution in [0.3, 0.4) is 0 Å². The van der Waals surface area contributed by atoms with E-state index >= 15 is 0 Å². The fourth-order valence-corrected chi connectivity index (χ4v) is 3.86. The molecule has 3 heterocycles. The summed E-state index contributed by atoms with van der Waals surface area (Å²) in [6.07, 6.45) is 1.52. The first-order chi connectivity index (χ1) is 11.0. The van der Waals surface area contributed by atoms with E-state index in [-0.39, 0.29) is 18.4 Å². The number of furan rings is 1. The Hall–Kier alpha value is -2.15. The van der Waals surface area contributed by atoms with Crippen LogP contribution in [0.2, 0.25) is 0 Å². The molecule has 0 aromatic carbocycles. The van der Waals surface area contributed by atoms with Crippen molar-refractivity contribution >= 4 is 17.8 Å². The van der Waals surface area contributed by atoms with Crippen LogP contribution >= 0.6 is 0 Å². The van der Waals surface area contributed by atoms with Crippen LogP contribution in [0.25, 0.3) is 0 Å². The molecule has 0 bridgehead atoms. The number of nitrogens with two attached hydrogens (primary N) is 1. The molecule has 124 valence electrons. The van der Waals surface area contributed by atoms with Crippen LogP contribution in [0.15, 0.2) is 22.8 Å². The molecule has 4 atom stereocenters. The second-order valence-corrected chi connectivity index (χ2v) is 6.14. The Kier molecular flexibility index (Phi) is 3.75. The predicted molar refractivity (Wildman–Crippen MR) is 77.8 cm³/mol. The first-order valence-corrected chi connectivity index (χ1v) is 7.87. The average molecular weight is 321 g/mol. The van der Waals surface area contributed by atoms with Crippen molar-refractivity contribution in [2.75, 3.05) is 13.2 Å². The maximum absolute atomic E-state index is 12.7. The number of fused-ring (bicyclic) bond motifs is 1. The lowest BCUT2D eigenvalue weighted by atomic mass is 9.81. The second kappa shape index (κ2) is 5.49. The largest absolute Gasteiger partial charge is 0.463 e. The molecular weight excluding hydrogens is 300 g/mol. The van der Waals surface area contributed by atoms with Crippen molar-refractivity contribution in [3.63, 3.8) is 0 Å². The quantitative estimate of drug-likeness (QED) is 0.614. The lowest BCUT2D eigenvalue weighted by molar-refractivity contribution is -0.732. The Bertz CT molecular complexity index is 641. The minimum Gasteiger partial charge on any atom is -0.463 e. The molecule has 0 aliphatic carbocycles. The Morgan fingerprint density at radius 1 is 1.39 bits per heavy atom. The Morgan fingerprint density at radius 2 is 2.13 bits per heavy atom. The van der Waals surface area contributed by atoms with E-state index in [4.69, 9.17) is 9.15 Å². The first kappa shape index (κ1) is 15.7. The minimum atomic E-state index is -1.13. The first-order valence-electron chi connectivity index (χ1n) is 7.87. The number of imide groups is 1. The summed E-state index contributed by atoms with van der Waals surface area (Å²) >= 11 is 0. The van der Waals surface area contributed by atoms with Crippen molar-refractivity contribution in [3.05, 3.63) is 24.2 Å². The fourth-order valence-electron chi connectivity index (χ4n) is 3.86. The van der Waals surface area contributed by atoms with Gasteiger partial charge in [-0.2, -0.15) is 0 Å². The van der Waals surface area contributed by atoms with Crippen LogP contribution in [-0.2, 0) is 19.1 Å². The van der Waals surface area contributed by atoms with Crippen LogP contribution < -0.4 is 5.32 Å². The van der Waals surface area contributed by atoms with E-state index in [1.54, 1.807) is 38.2 Å². The number of amides is 2. The van der Waals surface area contributed by atoms with Gasteiger partial charge in [-0.15, -0.1) is 0 Å². The van der Waals surface area contributed by atoms with Crippen molar-refractivity contribution in [3.8, 4) is 0 Å². The fraction of sp³-hybridized carbons (Fsp3) is 0.562. The molecule has 2 N–H and O–H groups in total. The molecule has 2 saturated heterocycles. The van der Waals surface area contributed by atoms with Gasteiger partial charge in [0.05, 0.1) is 12.9 Å². The van der Waals surface area contributed by atoms with E-state index in [1.165, 1.54) is 11.2 Å². The summed E-state index contributed by atoms with van der Waals surface area (Å²) in [6, 6.07) is 3.09. The normalized spacial score (nSPS) is 33.2. The zero-order chi connectivity index (χ0) is 16.8. The van der Waals surface area contributed by atoms with E-state index in [9.17, 15) is 14.4 Å². The van der Waals surface area contributed by atoms with Crippen LogP contribution in [0.5, 0.6) is 0 Å². The van der Waals surface area contributed by atoms with Gasteiger partial charge in [0, 0.05) is 13.5 Å². The van der Waals surface area contributed by atoms with Crippen LogP contribution in [0.4, 0.5) is 0 Å². The van der Waals surface area contributed by atoms with Crippen LogP contribution in [-0.4, -0.2) is 41.4 Å².